The van der Waals surface area contributed by atoms with Gasteiger partial charge in [-0.25, -0.2) is 4.79 Å². The maximum Gasteiger partial charge on any atom is 0.407 e. The van der Waals surface area contributed by atoms with Crippen molar-refractivity contribution in [3.8, 4) is 0 Å². The number of carbonyl (C=O) groups is 1. The predicted molar refractivity (Wildman–Crippen MR) is 88.5 cm³/mol. The molecule has 0 aromatic carbocycles. The summed E-state index contributed by atoms with van der Waals surface area (Å²) in [6.07, 6.45) is 2.90. The van der Waals surface area contributed by atoms with Gasteiger partial charge in [0.25, 0.3) is 0 Å². The number of hydrogen-bond donors (Lipinski definition) is 2. The van der Waals surface area contributed by atoms with Crippen LogP contribution in [0.15, 0.2) is 0 Å². The summed E-state index contributed by atoms with van der Waals surface area (Å²) in [5, 5.41) is 6.44. The summed E-state index contributed by atoms with van der Waals surface area (Å²) in [6.45, 7) is 13.6. The van der Waals surface area contributed by atoms with Gasteiger partial charge >= 0.3 is 6.09 Å². The Kier molecular flexibility index (Phi) is 8.59. The lowest BCUT2D eigenvalue weighted by atomic mass is 9.88. The quantitative estimate of drug-likeness (QED) is 0.676. The van der Waals surface area contributed by atoms with E-state index < -0.39 is 5.60 Å². The lowest BCUT2D eigenvalue weighted by molar-refractivity contribution is 0.0503. The minimum absolute atomic E-state index is 0.116. The van der Waals surface area contributed by atoms with Crippen LogP contribution in [0.4, 0.5) is 4.79 Å². The number of rotatable bonds is 8. The molecule has 1 atom stereocenters. The Morgan fingerprint density at radius 3 is 2.30 bits per heavy atom. The van der Waals surface area contributed by atoms with Crippen LogP contribution in [0.5, 0.6) is 0 Å². The molecule has 0 fully saturated rings. The monoisotopic (exact) mass is 304 g/mol. The Labute approximate surface area is 128 Å². The molecule has 0 spiro atoms. The van der Waals surface area contributed by atoms with E-state index in [9.17, 15) is 4.79 Å². The number of ether oxygens (including phenoxy) is 1. The van der Waals surface area contributed by atoms with Crippen molar-refractivity contribution in [2.75, 3.05) is 25.1 Å². The van der Waals surface area contributed by atoms with Gasteiger partial charge in [0, 0.05) is 12.1 Å². The van der Waals surface area contributed by atoms with Gasteiger partial charge in [0.15, 0.2) is 0 Å². The molecule has 20 heavy (non-hydrogen) atoms. The van der Waals surface area contributed by atoms with Gasteiger partial charge in [-0.15, -0.1) is 0 Å². The van der Waals surface area contributed by atoms with Crippen molar-refractivity contribution >= 4 is 17.9 Å². The molecule has 4 nitrogen and oxygen atoms in total. The van der Waals surface area contributed by atoms with Gasteiger partial charge in [-0.1, -0.05) is 13.8 Å². The molecule has 1 unspecified atom stereocenters. The number of alkyl carbamates (subject to hydrolysis) is 1. The first-order chi connectivity index (χ1) is 9.10. The highest BCUT2D eigenvalue weighted by Crippen LogP contribution is 2.16. The van der Waals surface area contributed by atoms with E-state index >= 15 is 0 Å². The lowest BCUT2D eigenvalue weighted by Gasteiger charge is -2.35. The summed E-state index contributed by atoms with van der Waals surface area (Å²) in [5.74, 6) is 1.58. The highest BCUT2D eigenvalue weighted by Gasteiger charge is 2.28. The average Bonchev–Trinajstić information content (AvgIpc) is 2.30. The Hall–Kier alpha value is -0.420. The zero-order valence-corrected chi connectivity index (χ0v) is 14.9. The number of hydrogen-bond acceptors (Lipinski definition) is 4. The number of thioether (sulfide) groups is 1. The Balaban J connectivity index is 4.28. The van der Waals surface area contributed by atoms with Crippen molar-refractivity contribution in [2.24, 2.45) is 5.92 Å². The van der Waals surface area contributed by atoms with Crippen LogP contribution < -0.4 is 10.6 Å². The van der Waals surface area contributed by atoms with Crippen LogP contribution in [-0.2, 0) is 4.74 Å². The van der Waals surface area contributed by atoms with Crippen LogP contribution in [0.1, 0.15) is 48.0 Å². The highest BCUT2D eigenvalue weighted by atomic mass is 32.2. The minimum Gasteiger partial charge on any atom is -0.444 e. The first-order valence-electron chi connectivity index (χ1n) is 7.31. The van der Waals surface area contributed by atoms with Crippen molar-refractivity contribution in [1.82, 2.24) is 10.6 Å². The first-order valence-corrected chi connectivity index (χ1v) is 8.71. The Bertz CT molecular complexity index is 290. The molecule has 0 saturated heterocycles. The van der Waals surface area contributed by atoms with E-state index in [1.807, 2.05) is 32.5 Å². The molecule has 0 aliphatic heterocycles. The molecule has 0 radical (unpaired) electrons. The van der Waals surface area contributed by atoms with Crippen molar-refractivity contribution in [3.05, 3.63) is 0 Å². The predicted octanol–water partition coefficient (Wildman–Crippen LogP) is 3.27. The highest BCUT2D eigenvalue weighted by molar-refractivity contribution is 7.98. The van der Waals surface area contributed by atoms with E-state index in [0.29, 0.717) is 12.5 Å². The number of amides is 1. The first kappa shape index (κ1) is 19.6. The molecule has 1 amide bonds. The van der Waals surface area contributed by atoms with E-state index in [1.165, 1.54) is 0 Å². The molecule has 0 bridgehead atoms. The van der Waals surface area contributed by atoms with Crippen molar-refractivity contribution in [2.45, 2.75) is 59.1 Å². The third kappa shape index (κ3) is 8.69. The van der Waals surface area contributed by atoms with Crippen molar-refractivity contribution in [1.29, 1.82) is 0 Å². The number of carbonyl (C=O) groups excluding carboxylic acids is 1. The molecule has 5 heteroatoms. The SMILES string of the molecule is CSCCCNC(C)(CNC(=O)OC(C)(C)C)C(C)C. The second-order valence-electron chi connectivity index (χ2n) is 6.70. The van der Waals surface area contributed by atoms with Gasteiger partial charge in [0.1, 0.15) is 5.60 Å². The summed E-state index contributed by atoms with van der Waals surface area (Å²) in [5.41, 5.74) is -0.570. The largest absolute Gasteiger partial charge is 0.444 e. The standard InChI is InChI=1S/C15H32N2O2S/c1-12(2)15(6,17-9-8-10-20-7)11-16-13(18)19-14(3,4)5/h12,17H,8-11H2,1-7H3,(H,16,18). The zero-order chi connectivity index (χ0) is 15.8. The fraction of sp³-hybridized carbons (Fsp3) is 0.933. The van der Waals surface area contributed by atoms with Crippen molar-refractivity contribution in [3.63, 3.8) is 0 Å². The van der Waals surface area contributed by atoms with Crippen LogP contribution in [0.3, 0.4) is 0 Å². The van der Waals surface area contributed by atoms with Gasteiger partial charge in [0.2, 0.25) is 0 Å². The molecule has 0 saturated carbocycles. The molecule has 0 aromatic rings. The van der Waals surface area contributed by atoms with Gasteiger partial charge in [-0.3, -0.25) is 0 Å². The smallest absolute Gasteiger partial charge is 0.407 e. The van der Waals surface area contributed by atoms with Crippen molar-refractivity contribution < 1.29 is 9.53 Å². The minimum atomic E-state index is -0.454. The molecule has 0 rings (SSSR count). The van der Waals surface area contributed by atoms with E-state index in [4.69, 9.17) is 4.74 Å². The van der Waals surface area contributed by atoms with Crippen LogP contribution in [0.25, 0.3) is 0 Å². The van der Waals surface area contributed by atoms with E-state index in [-0.39, 0.29) is 11.6 Å². The normalized spacial score (nSPS) is 15.0. The van der Waals surface area contributed by atoms with Crippen LogP contribution >= 0.6 is 11.8 Å². The van der Waals surface area contributed by atoms with Crippen LogP contribution in [0, 0.1) is 5.92 Å². The fourth-order valence-corrected chi connectivity index (χ4v) is 2.06. The lowest BCUT2D eigenvalue weighted by Crippen LogP contribution is -2.55. The maximum atomic E-state index is 11.7. The summed E-state index contributed by atoms with van der Waals surface area (Å²) in [6, 6.07) is 0. The Morgan fingerprint density at radius 1 is 1.25 bits per heavy atom. The second-order valence-corrected chi connectivity index (χ2v) is 7.69. The average molecular weight is 305 g/mol. The molecular weight excluding hydrogens is 272 g/mol. The number of nitrogens with one attached hydrogen (secondary N) is 2. The molecule has 120 valence electrons. The zero-order valence-electron chi connectivity index (χ0n) is 14.1. The van der Waals surface area contributed by atoms with E-state index in [2.05, 4.69) is 37.7 Å². The topological polar surface area (TPSA) is 50.4 Å². The van der Waals surface area contributed by atoms with Crippen LogP contribution in [0.2, 0.25) is 0 Å². The second kappa shape index (κ2) is 8.78. The molecule has 0 aliphatic carbocycles. The summed E-state index contributed by atoms with van der Waals surface area (Å²) in [7, 11) is 0. The van der Waals surface area contributed by atoms with E-state index in [1.54, 1.807) is 0 Å². The summed E-state index contributed by atoms with van der Waals surface area (Å²) >= 11 is 1.86. The molecule has 2 N–H and O–H groups in total. The van der Waals surface area contributed by atoms with Crippen LogP contribution in [-0.4, -0.2) is 42.3 Å². The third-order valence-electron chi connectivity index (χ3n) is 3.33. The maximum absolute atomic E-state index is 11.7. The van der Waals surface area contributed by atoms with Gasteiger partial charge < -0.3 is 15.4 Å². The summed E-state index contributed by atoms with van der Waals surface area (Å²) in [4.78, 5) is 11.7. The van der Waals surface area contributed by atoms with Gasteiger partial charge in [-0.2, -0.15) is 11.8 Å². The molecule has 0 aromatic heterocycles. The molecule has 0 aliphatic rings. The molecular formula is C15H32N2O2S. The van der Waals surface area contributed by atoms with E-state index in [0.717, 1.165) is 18.7 Å². The van der Waals surface area contributed by atoms with Gasteiger partial charge in [0.05, 0.1) is 0 Å². The van der Waals surface area contributed by atoms with Gasteiger partial charge in [-0.05, 0) is 58.6 Å². The summed E-state index contributed by atoms with van der Waals surface area (Å²) < 4.78 is 5.27. The fourth-order valence-electron chi connectivity index (χ4n) is 1.63. The Morgan fingerprint density at radius 2 is 1.85 bits per heavy atom. The third-order valence-corrected chi connectivity index (χ3v) is 4.02. The molecule has 0 heterocycles.